The van der Waals surface area contributed by atoms with Crippen molar-refractivity contribution in [1.29, 1.82) is 0 Å². The number of aryl methyl sites for hydroxylation is 3. The van der Waals surface area contributed by atoms with Crippen molar-refractivity contribution >= 4 is 12.1 Å². The van der Waals surface area contributed by atoms with E-state index >= 15 is 0 Å². The number of rotatable bonds is 4. The molecular formula is C23H20F2N2O2. The number of phenolic OH excluding ortho intramolecular Hbond substituents is 1. The first-order valence-electron chi connectivity index (χ1n) is 8.96. The van der Waals surface area contributed by atoms with Crippen molar-refractivity contribution in [3.63, 3.8) is 0 Å². The molecule has 0 spiro atoms. The maximum atomic E-state index is 14.0. The molecule has 0 aliphatic heterocycles. The second kappa shape index (κ2) is 8.22. The molecule has 0 fully saturated rings. The van der Waals surface area contributed by atoms with E-state index in [9.17, 15) is 18.7 Å². The highest BCUT2D eigenvalue weighted by Gasteiger charge is 2.14. The van der Waals surface area contributed by atoms with Crippen molar-refractivity contribution in [2.45, 2.75) is 20.8 Å². The van der Waals surface area contributed by atoms with Crippen molar-refractivity contribution in [3.05, 3.63) is 88.0 Å². The molecule has 0 saturated heterocycles. The van der Waals surface area contributed by atoms with Crippen LogP contribution in [0.3, 0.4) is 0 Å². The average molecular weight is 394 g/mol. The lowest BCUT2D eigenvalue weighted by atomic mass is 10.0. The summed E-state index contributed by atoms with van der Waals surface area (Å²) in [6, 6.07) is 11.3. The lowest BCUT2D eigenvalue weighted by Crippen LogP contribution is -2.18. The molecule has 0 radical (unpaired) electrons. The van der Waals surface area contributed by atoms with Gasteiger partial charge in [0.2, 0.25) is 0 Å². The maximum absolute atomic E-state index is 14.0. The summed E-state index contributed by atoms with van der Waals surface area (Å²) in [4.78, 5) is 12.5. The Morgan fingerprint density at radius 2 is 1.69 bits per heavy atom. The Kier molecular flexibility index (Phi) is 5.73. The van der Waals surface area contributed by atoms with Crippen LogP contribution in [-0.2, 0) is 0 Å². The first-order chi connectivity index (χ1) is 13.8. The average Bonchev–Trinajstić information content (AvgIpc) is 2.64. The molecule has 4 nitrogen and oxygen atoms in total. The van der Waals surface area contributed by atoms with Gasteiger partial charge < -0.3 is 5.11 Å². The first-order valence-corrected chi connectivity index (χ1v) is 8.96. The van der Waals surface area contributed by atoms with E-state index in [-0.39, 0.29) is 16.9 Å². The van der Waals surface area contributed by atoms with E-state index in [4.69, 9.17) is 0 Å². The van der Waals surface area contributed by atoms with Crippen LogP contribution in [-0.4, -0.2) is 17.2 Å². The molecule has 3 rings (SSSR count). The third-order valence-corrected chi connectivity index (χ3v) is 4.58. The van der Waals surface area contributed by atoms with Crippen molar-refractivity contribution < 1.29 is 18.7 Å². The summed E-state index contributed by atoms with van der Waals surface area (Å²) in [5.74, 6) is -2.37. The van der Waals surface area contributed by atoms with Crippen LogP contribution in [0.15, 0.2) is 53.6 Å². The third kappa shape index (κ3) is 4.48. The topological polar surface area (TPSA) is 61.7 Å². The monoisotopic (exact) mass is 394 g/mol. The van der Waals surface area contributed by atoms with Gasteiger partial charge in [-0.2, -0.15) is 5.10 Å². The quantitative estimate of drug-likeness (QED) is 0.482. The van der Waals surface area contributed by atoms with E-state index in [0.717, 1.165) is 34.4 Å². The number of hydrogen-bond donors (Lipinski definition) is 2. The fraction of sp³-hybridized carbons (Fsp3) is 0.130. The molecule has 0 aromatic heterocycles. The first kappa shape index (κ1) is 20.2. The van der Waals surface area contributed by atoms with E-state index in [0.29, 0.717) is 5.56 Å². The fourth-order valence-corrected chi connectivity index (χ4v) is 3.22. The van der Waals surface area contributed by atoms with Gasteiger partial charge in [-0.3, -0.25) is 4.79 Å². The Morgan fingerprint density at radius 1 is 1.00 bits per heavy atom. The molecule has 0 bridgehead atoms. The number of hydrazone groups is 1. The minimum atomic E-state index is -0.759. The van der Waals surface area contributed by atoms with Gasteiger partial charge in [-0.25, -0.2) is 14.2 Å². The lowest BCUT2D eigenvalue weighted by molar-refractivity contribution is 0.0952. The van der Waals surface area contributed by atoms with E-state index in [2.05, 4.69) is 10.5 Å². The molecule has 0 aliphatic carbocycles. The van der Waals surface area contributed by atoms with Crippen LogP contribution in [0.4, 0.5) is 8.78 Å². The summed E-state index contributed by atoms with van der Waals surface area (Å²) in [7, 11) is 0. The van der Waals surface area contributed by atoms with Crippen molar-refractivity contribution in [2.75, 3.05) is 0 Å². The molecule has 2 N–H and O–H groups in total. The lowest BCUT2D eigenvalue weighted by Gasteiger charge is -2.09. The van der Waals surface area contributed by atoms with Crippen LogP contribution >= 0.6 is 0 Å². The molecule has 29 heavy (non-hydrogen) atoms. The van der Waals surface area contributed by atoms with Crippen molar-refractivity contribution in [3.8, 4) is 16.9 Å². The fourth-order valence-electron chi connectivity index (χ4n) is 3.22. The minimum Gasteiger partial charge on any atom is -0.507 e. The Morgan fingerprint density at radius 3 is 2.34 bits per heavy atom. The van der Waals surface area contributed by atoms with Crippen LogP contribution in [0.5, 0.6) is 5.75 Å². The maximum Gasteiger partial charge on any atom is 0.275 e. The van der Waals surface area contributed by atoms with Gasteiger partial charge in [0.25, 0.3) is 5.91 Å². The molecule has 6 heteroatoms. The zero-order valence-corrected chi connectivity index (χ0v) is 16.3. The number of phenols is 1. The summed E-state index contributed by atoms with van der Waals surface area (Å²) in [5, 5.41) is 14.0. The zero-order chi connectivity index (χ0) is 21.1. The number of benzene rings is 3. The van der Waals surface area contributed by atoms with E-state index < -0.39 is 17.5 Å². The molecular weight excluding hydrogens is 374 g/mol. The molecule has 1 amide bonds. The zero-order valence-electron chi connectivity index (χ0n) is 16.3. The Balaban J connectivity index is 1.84. The predicted molar refractivity (Wildman–Crippen MR) is 109 cm³/mol. The number of amides is 1. The molecule has 0 atom stereocenters. The predicted octanol–water partition coefficient (Wildman–Crippen LogP) is 5.03. The summed E-state index contributed by atoms with van der Waals surface area (Å²) in [6.07, 6.45) is 1.54. The van der Waals surface area contributed by atoms with Crippen LogP contribution in [0.2, 0.25) is 0 Å². The Hall–Kier alpha value is -3.54. The highest BCUT2D eigenvalue weighted by molar-refractivity contribution is 5.98. The number of carbonyl (C=O) groups excluding carboxylic acids is 1. The van der Waals surface area contributed by atoms with Crippen LogP contribution < -0.4 is 5.43 Å². The number of aromatic hydroxyl groups is 1. The van der Waals surface area contributed by atoms with Crippen molar-refractivity contribution in [2.24, 2.45) is 5.10 Å². The molecule has 0 unspecified atom stereocenters. The Bertz CT molecular complexity index is 1100. The van der Waals surface area contributed by atoms with Gasteiger partial charge in [-0.15, -0.1) is 0 Å². The molecule has 3 aromatic rings. The van der Waals surface area contributed by atoms with Gasteiger partial charge in [0.1, 0.15) is 17.4 Å². The number of halogens is 2. The summed E-state index contributed by atoms with van der Waals surface area (Å²) in [6.45, 7) is 5.91. The van der Waals surface area contributed by atoms with Crippen LogP contribution in [0.1, 0.15) is 32.6 Å². The molecule has 3 aromatic carbocycles. The number of hydrogen-bond acceptors (Lipinski definition) is 3. The highest BCUT2D eigenvalue weighted by atomic mass is 19.1. The second-order valence-corrected chi connectivity index (χ2v) is 6.87. The summed E-state index contributed by atoms with van der Waals surface area (Å²) < 4.78 is 27.2. The standard InChI is InChI=1S/C23H20F2N2O2/c1-13-8-14(2)20(15(3)9-13)12-26-27-23(29)19-10-16(4-7-22(19)28)18-6-5-17(24)11-21(18)25/h4-12,28H,1-3H3,(H,27,29)/b26-12+. The molecule has 0 aliphatic rings. The summed E-state index contributed by atoms with van der Waals surface area (Å²) >= 11 is 0. The van der Waals surface area contributed by atoms with E-state index in [1.807, 2.05) is 32.9 Å². The van der Waals surface area contributed by atoms with Gasteiger partial charge >= 0.3 is 0 Å². The minimum absolute atomic E-state index is 0.0688. The summed E-state index contributed by atoms with van der Waals surface area (Å²) in [5.41, 5.74) is 6.84. The smallest absolute Gasteiger partial charge is 0.275 e. The number of nitrogens with one attached hydrogen (secondary N) is 1. The van der Waals surface area contributed by atoms with E-state index in [1.54, 1.807) is 6.21 Å². The Labute approximate surface area is 167 Å². The highest BCUT2D eigenvalue weighted by Crippen LogP contribution is 2.28. The van der Waals surface area contributed by atoms with Gasteiger partial charge in [-0.05, 0) is 61.7 Å². The van der Waals surface area contributed by atoms with Gasteiger partial charge in [0, 0.05) is 17.2 Å². The number of carbonyl (C=O) groups is 1. The van der Waals surface area contributed by atoms with Gasteiger partial charge in [0.15, 0.2) is 0 Å². The van der Waals surface area contributed by atoms with E-state index in [1.165, 1.54) is 24.3 Å². The molecule has 148 valence electrons. The third-order valence-electron chi connectivity index (χ3n) is 4.58. The molecule has 0 heterocycles. The molecule has 0 saturated carbocycles. The SMILES string of the molecule is Cc1cc(C)c(/C=N/NC(=O)c2cc(-c3ccc(F)cc3F)ccc2O)c(C)c1. The van der Waals surface area contributed by atoms with Gasteiger partial charge in [0.05, 0.1) is 11.8 Å². The second-order valence-electron chi connectivity index (χ2n) is 6.87. The van der Waals surface area contributed by atoms with Crippen molar-refractivity contribution in [1.82, 2.24) is 5.43 Å². The van der Waals surface area contributed by atoms with Crippen LogP contribution in [0.25, 0.3) is 11.1 Å². The normalized spacial score (nSPS) is 11.1. The number of nitrogens with zero attached hydrogens (tertiary/aromatic N) is 1. The largest absolute Gasteiger partial charge is 0.507 e. The van der Waals surface area contributed by atoms with Crippen LogP contribution in [0, 0.1) is 32.4 Å². The van der Waals surface area contributed by atoms with Gasteiger partial charge in [-0.1, -0.05) is 23.8 Å².